The van der Waals surface area contributed by atoms with E-state index in [1.54, 1.807) is 41.3 Å². The SMILES string of the molecule is Cc1ccc(-n2nc(C(C)(C)C)cc2NC(=O)Cc2ccc(Oc3ccncc3)c(Cl)c2)cc1. The Hall–Kier alpha value is -3.64. The smallest absolute Gasteiger partial charge is 0.229 e. The van der Waals surface area contributed by atoms with E-state index in [0.29, 0.717) is 22.3 Å². The lowest BCUT2D eigenvalue weighted by molar-refractivity contribution is -0.115. The fourth-order valence-electron chi connectivity index (χ4n) is 3.36. The van der Waals surface area contributed by atoms with Crippen LogP contribution in [-0.4, -0.2) is 20.7 Å². The highest BCUT2D eigenvalue weighted by molar-refractivity contribution is 6.32. The molecule has 174 valence electrons. The quantitative estimate of drug-likeness (QED) is 0.346. The number of amides is 1. The van der Waals surface area contributed by atoms with Crippen LogP contribution in [0.1, 0.15) is 37.6 Å². The number of aryl methyl sites for hydroxylation is 1. The van der Waals surface area contributed by atoms with Gasteiger partial charge in [-0.15, -0.1) is 0 Å². The van der Waals surface area contributed by atoms with Gasteiger partial charge in [-0.1, -0.05) is 56.1 Å². The molecule has 0 radical (unpaired) electrons. The minimum Gasteiger partial charge on any atom is -0.456 e. The Balaban J connectivity index is 1.52. The molecule has 34 heavy (non-hydrogen) atoms. The van der Waals surface area contributed by atoms with Crippen molar-refractivity contribution in [3.8, 4) is 17.2 Å². The summed E-state index contributed by atoms with van der Waals surface area (Å²) in [6.07, 6.45) is 3.46. The summed E-state index contributed by atoms with van der Waals surface area (Å²) >= 11 is 6.41. The number of carbonyl (C=O) groups is 1. The summed E-state index contributed by atoms with van der Waals surface area (Å²) in [5.74, 6) is 1.63. The molecule has 4 rings (SSSR count). The van der Waals surface area contributed by atoms with E-state index in [0.717, 1.165) is 22.5 Å². The van der Waals surface area contributed by atoms with Crippen LogP contribution in [0.4, 0.5) is 5.82 Å². The van der Waals surface area contributed by atoms with Crippen LogP contribution in [0.5, 0.6) is 11.5 Å². The summed E-state index contributed by atoms with van der Waals surface area (Å²) < 4.78 is 7.56. The van der Waals surface area contributed by atoms with Crippen LogP contribution in [0.3, 0.4) is 0 Å². The number of hydrogen-bond acceptors (Lipinski definition) is 4. The number of halogens is 1. The van der Waals surface area contributed by atoms with Gasteiger partial charge >= 0.3 is 0 Å². The Kier molecular flexibility index (Phi) is 6.70. The van der Waals surface area contributed by atoms with Gasteiger partial charge in [0.15, 0.2) is 0 Å². The second kappa shape index (κ2) is 9.69. The molecule has 0 spiro atoms. The van der Waals surface area contributed by atoms with Crippen molar-refractivity contribution in [3.05, 3.63) is 94.9 Å². The number of benzene rings is 2. The third-order valence-corrected chi connectivity index (χ3v) is 5.56. The molecule has 0 fully saturated rings. The van der Waals surface area contributed by atoms with E-state index < -0.39 is 0 Å². The number of anilines is 1. The summed E-state index contributed by atoms with van der Waals surface area (Å²) in [7, 11) is 0. The fraction of sp³-hybridized carbons (Fsp3) is 0.222. The van der Waals surface area contributed by atoms with Gasteiger partial charge in [0.05, 0.1) is 22.8 Å². The normalized spacial score (nSPS) is 11.3. The third-order valence-electron chi connectivity index (χ3n) is 5.26. The highest BCUT2D eigenvalue weighted by atomic mass is 35.5. The lowest BCUT2D eigenvalue weighted by atomic mass is 9.92. The van der Waals surface area contributed by atoms with Crippen molar-refractivity contribution in [2.75, 3.05) is 5.32 Å². The number of pyridine rings is 1. The molecule has 0 bridgehead atoms. The van der Waals surface area contributed by atoms with Crippen LogP contribution in [-0.2, 0) is 16.6 Å². The zero-order valence-corrected chi connectivity index (χ0v) is 20.4. The third kappa shape index (κ3) is 5.64. The van der Waals surface area contributed by atoms with Crippen LogP contribution < -0.4 is 10.1 Å². The summed E-state index contributed by atoms with van der Waals surface area (Å²) in [4.78, 5) is 16.9. The molecule has 2 heterocycles. The second-order valence-corrected chi connectivity index (χ2v) is 9.59. The van der Waals surface area contributed by atoms with Crippen LogP contribution in [0.25, 0.3) is 5.69 Å². The number of nitrogens with zero attached hydrogens (tertiary/aromatic N) is 3. The van der Waals surface area contributed by atoms with E-state index in [9.17, 15) is 4.79 Å². The van der Waals surface area contributed by atoms with Crippen molar-refractivity contribution >= 4 is 23.3 Å². The van der Waals surface area contributed by atoms with Gasteiger partial charge in [-0.3, -0.25) is 9.78 Å². The minimum absolute atomic E-state index is 0.159. The first kappa shape index (κ1) is 23.5. The van der Waals surface area contributed by atoms with Crippen molar-refractivity contribution in [3.63, 3.8) is 0 Å². The van der Waals surface area contributed by atoms with Gasteiger partial charge in [0.2, 0.25) is 5.91 Å². The second-order valence-electron chi connectivity index (χ2n) is 9.19. The molecule has 6 nitrogen and oxygen atoms in total. The lowest BCUT2D eigenvalue weighted by Gasteiger charge is -2.14. The van der Waals surface area contributed by atoms with Gasteiger partial charge in [0, 0.05) is 23.9 Å². The zero-order valence-electron chi connectivity index (χ0n) is 19.7. The van der Waals surface area contributed by atoms with Gasteiger partial charge in [-0.05, 0) is 48.9 Å². The Morgan fingerprint density at radius 3 is 2.38 bits per heavy atom. The summed E-state index contributed by atoms with van der Waals surface area (Å²) in [5.41, 5.74) is 3.56. The van der Waals surface area contributed by atoms with Gasteiger partial charge in [0.25, 0.3) is 0 Å². The van der Waals surface area contributed by atoms with Crippen molar-refractivity contribution in [2.24, 2.45) is 0 Å². The molecule has 2 aromatic heterocycles. The maximum absolute atomic E-state index is 12.9. The highest BCUT2D eigenvalue weighted by Crippen LogP contribution is 2.30. The van der Waals surface area contributed by atoms with Crippen molar-refractivity contribution in [1.29, 1.82) is 0 Å². The predicted molar refractivity (Wildman–Crippen MR) is 135 cm³/mol. The van der Waals surface area contributed by atoms with E-state index in [2.05, 4.69) is 31.1 Å². The summed E-state index contributed by atoms with van der Waals surface area (Å²) in [5, 5.41) is 8.22. The first-order chi connectivity index (χ1) is 16.2. The molecule has 4 aromatic rings. The molecule has 2 aromatic carbocycles. The van der Waals surface area contributed by atoms with Gasteiger partial charge in [-0.25, -0.2) is 4.68 Å². The molecular formula is C27H27ClN4O2. The molecule has 0 unspecified atom stereocenters. The predicted octanol–water partition coefficient (Wildman–Crippen LogP) is 6.50. The number of hydrogen-bond donors (Lipinski definition) is 1. The average molecular weight is 475 g/mol. The zero-order chi connectivity index (χ0) is 24.3. The van der Waals surface area contributed by atoms with E-state index in [4.69, 9.17) is 21.4 Å². The average Bonchev–Trinajstić information content (AvgIpc) is 3.21. The lowest BCUT2D eigenvalue weighted by Crippen LogP contribution is -2.17. The Labute approximate surface area is 204 Å². The Morgan fingerprint density at radius 2 is 1.74 bits per heavy atom. The van der Waals surface area contributed by atoms with E-state index in [-0.39, 0.29) is 17.7 Å². The molecule has 0 saturated heterocycles. The van der Waals surface area contributed by atoms with E-state index >= 15 is 0 Å². The maximum atomic E-state index is 12.9. The van der Waals surface area contributed by atoms with Gasteiger partial charge in [0.1, 0.15) is 17.3 Å². The van der Waals surface area contributed by atoms with Crippen molar-refractivity contribution in [1.82, 2.24) is 14.8 Å². The largest absolute Gasteiger partial charge is 0.456 e. The van der Waals surface area contributed by atoms with Crippen LogP contribution >= 0.6 is 11.6 Å². The molecule has 1 amide bonds. The Bertz CT molecular complexity index is 1290. The molecule has 7 heteroatoms. The van der Waals surface area contributed by atoms with Crippen LogP contribution in [0.15, 0.2) is 73.1 Å². The maximum Gasteiger partial charge on any atom is 0.229 e. The fourth-order valence-corrected chi connectivity index (χ4v) is 3.60. The molecule has 0 aliphatic heterocycles. The minimum atomic E-state index is -0.160. The van der Waals surface area contributed by atoms with Crippen LogP contribution in [0.2, 0.25) is 5.02 Å². The molecule has 0 aliphatic rings. The molecule has 0 atom stereocenters. The molecular weight excluding hydrogens is 448 g/mol. The first-order valence-electron chi connectivity index (χ1n) is 11.0. The molecule has 1 N–H and O–H groups in total. The van der Waals surface area contributed by atoms with Gasteiger partial charge < -0.3 is 10.1 Å². The van der Waals surface area contributed by atoms with Crippen molar-refractivity contribution < 1.29 is 9.53 Å². The summed E-state index contributed by atoms with van der Waals surface area (Å²) in [6, 6.07) is 18.8. The first-order valence-corrected chi connectivity index (χ1v) is 11.4. The van der Waals surface area contributed by atoms with Crippen LogP contribution in [0, 0.1) is 6.92 Å². The number of rotatable bonds is 6. The molecule has 0 aliphatic carbocycles. The molecule has 0 saturated carbocycles. The highest BCUT2D eigenvalue weighted by Gasteiger charge is 2.21. The van der Waals surface area contributed by atoms with E-state index in [1.807, 2.05) is 43.3 Å². The number of carbonyl (C=O) groups excluding carboxylic acids is 1. The monoisotopic (exact) mass is 474 g/mol. The number of nitrogens with one attached hydrogen (secondary N) is 1. The van der Waals surface area contributed by atoms with Crippen molar-refractivity contribution in [2.45, 2.75) is 39.5 Å². The van der Waals surface area contributed by atoms with Gasteiger partial charge in [-0.2, -0.15) is 5.10 Å². The van der Waals surface area contributed by atoms with E-state index in [1.165, 1.54) is 0 Å². The number of ether oxygens (including phenoxy) is 1. The Morgan fingerprint density at radius 1 is 1.03 bits per heavy atom. The summed E-state index contributed by atoms with van der Waals surface area (Å²) in [6.45, 7) is 8.32. The topological polar surface area (TPSA) is 69.0 Å². The number of aromatic nitrogens is 3. The standard InChI is InChI=1S/C27H27ClN4O2/c1-18-5-8-20(9-6-18)32-25(17-24(31-32)27(2,3)4)30-26(33)16-19-7-10-23(22(28)15-19)34-21-11-13-29-14-12-21/h5-15,17H,16H2,1-4H3,(H,30,33).